The van der Waals surface area contributed by atoms with E-state index in [2.05, 4.69) is 28.4 Å². The zero-order chi connectivity index (χ0) is 17.5. The number of piperidine rings is 1. The minimum absolute atomic E-state index is 0.0288. The molecular weight excluding hydrogens is 312 g/mol. The Balaban J connectivity index is 1.46. The molecule has 3 rings (SSSR count). The second-order valence-electron chi connectivity index (χ2n) is 7.08. The van der Waals surface area contributed by atoms with E-state index in [-0.39, 0.29) is 5.91 Å². The van der Waals surface area contributed by atoms with Crippen LogP contribution in [0.3, 0.4) is 0 Å². The number of benzene rings is 1. The fraction of sp³-hybridized carbons (Fsp3) is 0.571. The molecule has 1 fully saturated rings. The zero-order valence-electron chi connectivity index (χ0n) is 15.3. The molecule has 0 saturated carbocycles. The van der Waals surface area contributed by atoms with Crippen LogP contribution in [-0.4, -0.2) is 38.8 Å². The van der Waals surface area contributed by atoms with Gasteiger partial charge in [-0.25, -0.2) is 0 Å². The Morgan fingerprint density at radius 3 is 2.60 bits per heavy atom. The van der Waals surface area contributed by atoms with Gasteiger partial charge in [-0.15, -0.1) is 0 Å². The summed E-state index contributed by atoms with van der Waals surface area (Å²) in [4.78, 5) is 14.7. The summed E-state index contributed by atoms with van der Waals surface area (Å²) in [6, 6.07) is 8.00. The topological polar surface area (TPSA) is 41.6 Å². The summed E-state index contributed by atoms with van der Waals surface area (Å²) in [6.45, 7) is 2.76. The summed E-state index contributed by atoms with van der Waals surface area (Å²) < 4.78 is 5.42. The van der Waals surface area contributed by atoms with Crippen LogP contribution >= 0.6 is 0 Å². The molecule has 0 aromatic heterocycles. The zero-order valence-corrected chi connectivity index (χ0v) is 15.3. The third kappa shape index (κ3) is 5.08. The molecule has 1 amide bonds. The monoisotopic (exact) mass is 342 g/mol. The molecule has 4 heteroatoms. The van der Waals surface area contributed by atoms with Crippen LogP contribution in [0.15, 0.2) is 35.9 Å². The lowest BCUT2D eigenvalue weighted by Crippen LogP contribution is -2.36. The number of hydrogen-bond donors (Lipinski definition) is 1. The van der Waals surface area contributed by atoms with E-state index < -0.39 is 0 Å². The van der Waals surface area contributed by atoms with E-state index in [0.29, 0.717) is 6.10 Å². The molecule has 136 valence electrons. The molecule has 0 unspecified atom stereocenters. The number of carbonyl (C=O) groups is 1. The van der Waals surface area contributed by atoms with E-state index in [1.807, 2.05) is 12.1 Å². The molecule has 1 aromatic rings. The Hall–Kier alpha value is -1.81. The number of nitrogens with zero attached hydrogens (tertiary/aromatic N) is 1. The Morgan fingerprint density at radius 2 is 1.96 bits per heavy atom. The second-order valence-corrected chi connectivity index (χ2v) is 7.08. The van der Waals surface area contributed by atoms with Gasteiger partial charge in [-0.3, -0.25) is 4.79 Å². The minimum Gasteiger partial charge on any atom is -0.381 e. The lowest BCUT2D eigenvalue weighted by atomic mass is 9.97. The van der Waals surface area contributed by atoms with Crippen molar-refractivity contribution in [2.75, 3.05) is 31.6 Å². The molecule has 1 saturated heterocycles. The highest BCUT2D eigenvalue weighted by Gasteiger charge is 2.19. The van der Waals surface area contributed by atoms with Crippen LogP contribution in [0.4, 0.5) is 5.69 Å². The van der Waals surface area contributed by atoms with Gasteiger partial charge in [0.1, 0.15) is 0 Å². The molecule has 1 aliphatic heterocycles. The largest absolute Gasteiger partial charge is 0.381 e. The smallest absolute Gasteiger partial charge is 0.251 e. The van der Waals surface area contributed by atoms with Gasteiger partial charge in [-0.05, 0) is 69.2 Å². The van der Waals surface area contributed by atoms with Gasteiger partial charge in [0, 0.05) is 38.0 Å². The molecule has 4 nitrogen and oxygen atoms in total. The summed E-state index contributed by atoms with van der Waals surface area (Å²) in [7, 11) is 1.79. The van der Waals surface area contributed by atoms with Crippen molar-refractivity contribution >= 4 is 11.6 Å². The number of hydrogen-bond acceptors (Lipinski definition) is 3. The number of allylic oxidation sites excluding steroid dienone is 1. The van der Waals surface area contributed by atoms with Gasteiger partial charge in [-0.1, -0.05) is 11.6 Å². The van der Waals surface area contributed by atoms with Crippen molar-refractivity contribution in [1.29, 1.82) is 0 Å². The standard InChI is InChI=1S/C21H30N2O2/c1-25-20-12-15-23(16-13-20)19-9-7-18(8-10-19)21(24)22-14-11-17-5-3-2-4-6-17/h5,7-10,20H,2-4,6,11-16H2,1H3,(H,22,24). The van der Waals surface area contributed by atoms with Crippen molar-refractivity contribution < 1.29 is 9.53 Å². The number of amides is 1. The number of anilines is 1. The van der Waals surface area contributed by atoms with Crippen molar-refractivity contribution in [3.05, 3.63) is 41.5 Å². The van der Waals surface area contributed by atoms with Crippen LogP contribution < -0.4 is 10.2 Å². The van der Waals surface area contributed by atoms with Gasteiger partial charge < -0.3 is 15.0 Å². The maximum atomic E-state index is 12.3. The molecule has 1 N–H and O–H groups in total. The van der Waals surface area contributed by atoms with Gasteiger partial charge in [-0.2, -0.15) is 0 Å². The lowest BCUT2D eigenvalue weighted by Gasteiger charge is -2.33. The summed E-state index contributed by atoms with van der Waals surface area (Å²) in [6.07, 6.45) is 10.9. The third-order valence-corrected chi connectivity index (χ3v) is 5.39. The van der Waals surface area contributed by atoms with Gasteiger partial charge >= 0.3 is 0 Å². The van der Waals surface area contributed by atoms with Crippen LogP contribution in [0.5, 0.6) is 0 Å². The van der Waals surface area contributed by atoms with E-state index in [4.69, 9.17) is 4.74 Å². The Morgan fingerprint density at radius 1 is 1.20 bits per heavy atom. The first-order chi connectivity index (χ1) is 12.3. The highest BCUT2D eigenvalue weighted by atomic mass is 16.5. The first kappa shape index (κ1) is 18.0. The van der Waals surface area contributed by atoms with Gasteiger partial charge in [0.2, 0.25) is 0 Å². The highest BCUT2D eigenvalue weighted by Crippen LogP contribution is 2.22. The Kier molecular flexibility index (Phi) is 6.51. The Bertz CT molecular complexity index is 586. The number of methoxy groups -OCH3 is 1. The van der Waals surface area contributed by atoms with E-state index in [1.54, 1.807) is 7.11 Å². The summed E-state index contributed by atoms with van der Waals surface area (Å²) in [5.74, 6) is 0.0288. The molecule has 1 heterocycles. The molecule has 1 aromatic carbocycles. The van der Waals surface area contributed by atoms with Gasteiger partial charge in [0.05, 0.1) is 6.10 Å². The second kappa shape index (κ2) is 9.04. The Labute approximate surface area is 151 Å². The van der Waals surface area contributed by atoms with Crippen molar-refractivity contribution in [2.24, 2.45) is 0 Å². The average molecular weight is 342 g/mol. The third-order valence-electron chi connectivity index (χ3n) is 5.39. The first-order valence-corrected chi connectivity index (χ1v) is 9.60. The number of ether oxygens (including phenoxy) is 1. The van der Waals surface area contributed by atoms with Gasteiger partial charge in [0.25, 0.3) is 5.91 Å². The van der Waals surface area contributed by atoms with E-state index in [1.165, 1.54) is 36.9 Å². The maximum Gasteiger partial charge on any atom is 0.251 e. The summed E-state index contributed by atoms with van der Waals surface area (Å²) >= 11 is 0. The predicted molar refractivity (Wildman–Crippen MR) is 102 cm³/mol. The number of nitrogens with one attached hydrogen (secondary N) is 1. The first-order valence-electron chi connectivity index (χ1n) is 9.60. The predicted octanol–water partition coefficient (Wildman–Crippen LogP) is 3.92. The van der Waals surface area contributed by atoms with Crippen LogP contribution in [0, 0.1) is 0 Å². The van der Waals surface area contributed by atoms with Crippen LogP contribution in [0.25, 0.3) is 0 Å². The lowest BCUT2D eigenvalue weighted by molar-refractivity contribution is 0.0819. The molecule has 1 aliphatic carbocycles. The number of rotatable bonds is 6. The fourth-order valence-corrected chi connectivity index (χ4v) is 3.74. The normalized spacial score (nSPS) is 18.8. The van der Waals surface area contributed by atoms with Crippen molar-refractivity contribution in [3.8, 4) is 0 Å². The van der Waals surface area contributed by atoms with Crippen molar-refractivity contribution in [3.63, 3.8) is 0 Å². The molecule has 0 atom stereocenters. The molecule has 0 radical (unpaired) electrons. The van der Waals surface area contributed by atoms with Crippen LogP contribution in [0.1, 0.15) is 55.3 Å². The van der Waals surface area contributed by atoms with E-state index >= 15 is 0 Å². The quantitative estimate of drug-likeness (QED) is 0.797. The van der Waals surface area contributed by atoms with Crippen LogP contribution in [-0.2, 0) is 4.74 Å². The minimum atomic E-state index is 0.0288. The summed E-state index contributed by atoms with van der Waals surface area (Å²) in [5, 5.41) is 3.05. The van der Waals surface area contributed by atoms with E-state index in [9.17, 15) is 4.79 Å². The van der Waals surface area contributed by atoms with Crippen molar-refractivity contribution in [2.45, 2.75) is 51.0 Å². The average Bonchev–Trinajstić information content (AvgIpc) is 2.69. The molecule has 0 bridgehead atoms. The molecule has 2 aliphatic rings. The van der Waals surface area contributed by atoms with Gasteiger partial charge in [0.15, 0.2) is 0 Å². The number of carbonyl (C=O) groups excluding carboxylic acids is 1. The van der Waals surface area contributed by atoms with E-state index in [0.717, 1.165) is 44.5 Å². The van der Waals surface area contributed by atoms with Crippen LogP contribution in [0.2, 0.25) is 0 Å². The summed E-state index contributed by atoms with van der Waals surface area (Å²) in [5.41, 5.74) is 3.44. The SMILES string of the molecule is COC1CCN(c2ccc(C(=O)NCCC3=CCCCC3)cc2)CC1. The molecule has 25 heavy (non-hydrogen) atoms. The highest BCUT2D eigenvalue weighted by molar-refractivity contribution is 5.94. The van der Waals surface area contributed by atoms with Crippen molar-refractivity contribution in [1.82, 2.24) is 5.32 Å². The molecule has 0 spiro atoms. The molecular formula is C21H30N2O2. The fourth-order valence-electron chi connectivity index (χ4n) is 3.74. The maximum absolute atomic E-state index is 12.3.